The Morgan fingerprint density at radius 2 is 1.59 bits per heavy atom. The van der Waals surface area contributed by atoms with Crippen molar-refractivity contribution in [2.24, 2.45) is 0 Å². The molecule has 0 aliphatic rings. The molecule has 6 heteroatoms. The van der Waals surface area contributed by atoms with E-state index in [1.165, 1.54) is 11.4 Å². The zero-order chi connectivity index (χ0) is 16.3. The van der Waals surface area contributed by atoms with Gasteiger partial charge in [-0.25, -0.2) is 8.42 Å². The highest BCUT2D eigenvalue weighted by molar-refractivity contribution is 7.92. The Labute approximate surface area is 131 Å². The second kappa shape index (κ2) is 6.27. The Hall–Kier alpha value is -2.21. The predicted molar refractivity (Wildman–Crippen MR) is 86.3 cm³/mol. The maximum Gasteiger partial charge on any atom is 0.264 e. The number of ether oxygens (including phenoxy) is 2. The van der Waals surface area contributed by atoms with Crippen LogP contribution >= 0.6 is 0 Å². The molecule has 0 radical (unpaired) electrons. The van der Waals surface area contributed by atoms with E-state index in [9.17, 15) is 8.42 Å². The molecule has 0 aliphatic heterocycles. The Balaban J connectivity index is 2.37. The lowest BCUT2D eigenvalue weighted by atomic mass is 10.2. The molecule has 0 spiro atoms. The molecule has 22 heavy (non-hydrogen) atoms. The summed E-state index contributed by atoms with van der Waals surface area (Å²) < 4.78 is 36.9. The molecule has 118 valence electrons. The van der Waals surface area contributed by atoms with Crippen LogP contribution in [0.1, 0.15) is 5.56 Å². The molecule has 0 atom stereocenters. The van der Waals surface area contributed by atoms with Crippen LogP contribution in [0.2, 0.25) is 0 Å². The third kappa shape index (κ3) is 3.01. The first-order valence-electron chi connectivity index (χ1n) is 6.67. The van der Waals surface area contributed by atoms with E-state index in [0.717, 1.165) is 5.56 Å². The van der Waals surface area contributed by atoms with Gasteiger partial charge in [0.05, 0.1) is 24.8 Å². The highest BCUT2D eigenvalue weighted by Crippen LogP contribution is 2.27. The lowest BCUT2D eigenvalue weighted by molar-refractivity contribution is 0.411. The fourth-order valence-electron chi connectivity index (χ4n) is 2.10. The van der Waals surface area contributed by atoms with Crippen LogP contribution < -0.4 is 13.8 Å². The molecule has 2 rings (SSSR count). The van der Waals surface area contributed by atoms with Gasteiger partial charge in [0.15, 0.2) is 0 Å². The van der Waals surface area contributed by atoms with Crippen molar-refractivity contribution in [3.8, 4) is 11.5 Å². The molecule has 0 fully saturated rings. The molecule has 0 heterocycles. The van der Waals surface area contributed by atoms with Gasteiger partial charge < -0.3 is 9.47 Å². The predicted octanol–water partition coefficient (Wildman–Crippen LogP) is 2.84. The fraction of sp³-hybridized carbons (Fsp3) is 0.250. The maximum atomic E-state index is 12.7. The van der Waals surface area contributed by atoms with E-state index in [4.69, 9.17) is 9.47 Å². The summed E-state index contributed by atoms with van der Waals surface area (Å²) in [7, 11) is 1.02. The van der Waals surface area contributed by atoms with Gasteiger partial charge in [0.1, 0.15) is 11.5 Å². The first kappa shape index (κ1) is 16.2. The summed E-state index contributed by atoms with van der Waals surface area (Å²) in [5.41, 5.74) is 1.33. The highest BCUT2D eigenvalue weighted by Gasteiger charge is 2.22. The van der Waals surface area contributed by atoms with Gasteiger partial charge in [-0.15, -0.1) is 0 Å². The summed E-state index contributed by atoms with van der Waals surface area (Å²) in [6.45, 7) is 1.81. The second-order valence-electron chi connectivity index (χ2n) is 4.80. The molecule has 0 N–H and O–H groups in total. The van der Waals surface area contributed by atoms with Crippen molar-refractivity contribution in [1.29, 1.82) is 0 Å². The lowest BCUT2D eigenvalue weighted by Crippen LogP contribution is -2.26. The van der Waals surface area contributed by atoms with E-state index in [2.05, 4.69) is 0 Å². The fourth-order valence-corrected chi connectivity index (χ4v) is 3.38. The normalized spacial score (nSPS) is 11.1. The lowest BCUT2D eigenvalue weighted by Gasteiger charge is -2.20. The number of nitrogens with zero attached hydrogens (tertiary/aromatic N) is 1. The van der Waals surface area contributed by atoms with Gasteiger partial charge in [0, 0.05) is 7.05 Å². The van der Waals surface area contributed by atoms with Gasteiger partial charge in [-0.3, -0.25) is 4.31 Å². The van der Waals surface area contributed by atoms with Crippen LogP contribution in [0.4, 0.5) is 5.69 Å². The van der Waals surface area contributed by atoms with Gasteiger partial charge in [0.25, 0.3) is 10.0 Å². The van der Waals surface area contributed by atoms with Gasteiger partial charge in [-0.1, -0.05) is 0 Å². The summed E-state index contributed by atoms with van der Waals surface area (Å²) in [4.78, 5) is 0.226. The largest absolute Gasteiger partial charge is 0.497 e. The average Bonchev–Trinajstić information content (AvgIpc) is 2.54. The second-order valence-corrected chi connectivity index (χ2v) is 6.77. The molecule has 0 saturated heterocycles. The Bertz CT molecular complexity index is 754. The van der Waals surface area contributed by atoms with Crippen LogP contribution in [-0.4, -0.2) is 29.7 Å². The van der Waals surface area contributed by atoms with Crippen LogP contribution in [0.15, 0.2) is 47.4 Å². The monoisotopic (exact) mass is 321 g/mol. The van der Waals surface area contributed by atoms with Crippen LogP contribution in [0.5, 0.6) is 11.5 Å². The van der Waals surface area contributed by atoms with Crippen molar-refractivity contribution >= 4 is 15.7 Å². The molecule has 2 aromatic rings. The standard InChI is InChI=1S/C16H19NO4S/c1-12-11-15(9-10-16(12)21-4)22(18,19)17(2)13-5-7-14(20-3)8-6-13/h5-11H,1-4H3. The molecule has 0 amide bonds. The Morgan fingerprint density at radius 3 is 2.09 bits per heavy atom. The summed E-state index contributed by atoms with van der Waals surface area (Å²) in [5.74, 6) is 1.33. The number of methoxy groups -OCH3 is 2. The van der Waals surface area contributed by atoms with E-state index in [-0.39, 0.29) is 4.90 Å². The molecular weight excluding hydrogens is 302 g/mol. The summed E-state index contributed by atoms with van der Waals surface area (Å²) in [6.07, 6.45) is 0. The zero-order valence-corrected chi connectivity index (χ0v) is 13.8. The average molecular weight is 321 g/mol. The minimum Gasteiger partial charge on any atom is -0.497 e. The van der Waals surface area contributed by atoms with Gasteiger partial charge >= 0.3 is 0 Å². The van der Waals surface area contributed by atoms with Crippen molar-refractivity contribution < 1.29 is 17.9 Å². The molecule has 0 bridgehead atoms. The smallest absolute Gasteiger partial charge is 0.264 e. The molecule has 5 nitrogen and oxygen atoms in total. The van der Waals surface area contributed by atoms with E-state index in [0.29, 0.717) is 17.2 Å². The third-order valence-corrected chi connectivity index (χ3v) is 5.24. The number of anilines is 1. The number of benzene rings is 2. The first-order valence-corrected chi connectivity index (χ1v) is 8.12. The number of sulfonamides is 1. The minimum absolute atomic E-state index is 0.226. The summed E-state index contributed by atoms with van der Waals surface area (Å²) in [5, 5.41) is 0. The SMILES string of the molecule is COc1ccc(N(C)S(=O)(=O)c2ccc(OC)c(C)c2)cc1. The molecule has 0 aromatic heterocycles. The number of hydrogen-bond donors (Lipinski definition) is 0. The quantitative estimate of drug-likeness (QED) is 0.850. The molecule has 0 aliphatic carbocycles. The molecule has 2 aromatic carbocycles. The molecule has 0 unspecified atom stereocenters. The summed E-state index contributed by atoms with van der Waals surface area (Å²) in [6, 6.07) is 11.7. The first-order chi connectivity index (χ1) is 10.4. The minimum atomic E-state index is -3.62. The van der Waals surface area contributed by atoms with Crippen molar-refractivity contribution in [3.05, 3.63) is 48.0 Å². The van der Waals surface area contributed by atoms with Gasteiger partial charge in [-0.2, -0.15) is 0 Å². The van der Waals surface area contributed by atoms with E-state index < -0.39 is 10.0 Å². The van der Waals surface area contributed by atoms with Crippen molar-refractivity contribution in [3.63, 3.8) is 0 Å². The highest BCUT2D eigenvalue weighted by atomic mass is 32.2. The van der Waals surface area contributed by atoms with Crippen LogP contribution in [0.3, 0.4) is 0 Å². The van der Waals surface area contributed by atoms with Gasteiger partial charge in [0.2, 0.25) is 0 Å². The topological polar surface area (TPSA) is 55.8 Å². The Kier molecular flexibility index (Phi) is 4.61. The number of hydrogen-bond acceptors (Lipinski definition) is 4. The van der Waals surface area contributed by atoms with Gasteiger partial charge in [-0.05, 0) is 55.0 Å². The van der Waals surface area contributed by atoms with Crippen molar-refractivity contribution in [2.75, 3.05) is 25.6 Å². The summed E-state index contributed by atoms with van der Waals surface area (Å²) >= 11 is 0. The Morgan fingerprint density at radius 1 is 0.955 bits per heavy atom. The van der Waals surface area contributed by atoms with Crippen LogP contribution in [0, 0.1) is 6.92 Å². The third-order valence-electron chi connectivity index (χ3n) is 3.46. The molecular formula is C16H19NO4S. The van der Waals surface area contributed by atoms with E-state index in [1.54, 1.807) is 56.7 Å². The van der Waals surface area contributed by atoms with Crippen LogP contribution in [-0.2, 0) is 10.0 Å². The van der Waals surface area contributed by atoms with Crippen molar-refractivity contribution in [2.45, 2.75) is 11.8 Å². The van der Waals surface area contributed by atoms with E-state index >= 15 is 0 Å². The molecule has 0 saturated carbocycles. The maximum absolute atomic E-state index is 12.7. The zero-order valence-electron chi connectivity index (χ0n) is 13.0. The van der Waals surface area contributed by atoms with E-state index in [1.807, 2.05) is 6.92 Å². The number of aryl methyl sites for hydroxylation is 1. The number of rotatable bonds is 5. The van der Waals surface area contributed by atoms with Crippen LogP contribution in [0.25, 0.3) is 0 Å². The van der Waals surface area contributed by atoms with Crippen molar-refractivity contribution in [1.82, 2.24) is 0 Å².